The number of rotatable bonds is 5. The maximum atomic E-state index is 12.1. The van der Waals surface area contributed by atoms with Crippen LogP contribution in [0.4, 0.5) is 5.69 Å². The summed E-state index contributed by atoms with van der Waals surface area (Å²) < 4.78 is 1.90. The van der Waals surface area contributed by atoms with Crippen molar-refractivity contribution in [3.05, 3.63) is 18.0 Å². The third kappa shape index (κ3) is 3.78. The zero-order valence-corrected chi connectivity index (χ0v) is 12.7. The Labute approximate surface area is 121 Å². The zero-order chi connectivity index (χ0) is 14.5. The van der Waals surface area contributed by atoms with Crippen molar-refractivity contribution in [1.82, 2.24) is 9.88 Å². The molecule has 4 nitrogen and oxygen atoms in total. The van der Waals surface area contributed by atoms with E-state index in [-0.39, 0.29) is 5.91 Å². The molecular weight excluding hydrogens is 250 g/mol. The Morgan fingerprint density at radius 1 is 1.40 bits per heavy atom. The highest BCUT2D eigenvalue weighted by Crippen LogP contribution is 2.29. The molecule has 1 fully saturated rings. The van der Waals surface area contributed by atoms with Gasteiger partial charge < -0.3 is 15.6 Å². The second-order valence-electron chi connectivity index (χ2n) is 6.12. The number of nitrogen functional groups attached to an aromatic ring is 1. The number of nitrogens with zero attached hydrogens (tertiary/aromatic N) is 1. The first-order valence-electron chi connectivity index (χ1n) is 7.84. The number of hydrogen-bond acceptors (Lipinski definition) is 2. The van der Waals surface area contributed by atoms with E-state index in [1.807, 2.05) is 17.7 Å². The fourth-order valence-corrected chi connectivity index (χ4v) is 3.08. The summed E-state index contributed by atoms with van der Waals surface area (Å²) in [6, 6.07) is 1.75. The maximum Gasteiger partial charge on any atom is 0.267 e. The number of aromatic nitrogens is 1. The smallest absolute Gasteiger partial charge is 0.267 e. The van der Waals surface area contributed by atoms with Gasteiger partial charge in [0.1, 0.15) is 5.69 Å². The van der Waals surface area contributed by atoms with E-state index < -0.39 is 0 Å². The van der Waals surface area contributed by atoms with Crippen LogP contribution in [0, 0.1) is 11.8 Å². The van der Waals surface area contributed by atoms with Crippen LogP contribution in [0.5, 0.6) is 0 Å². The van der Waals surface area contributed by atoms with Crippen LogP contribution >= 0.6 is 0 Å². The summed E-state index contributed by atoms with van der Waals surface area (Å²) >= 11 is 0. The lowest BCUT2D eigenvalue weighted by Gasteiger charge is -2.26. The lowest BCUT2D eigenvalue weighted by molar-refractivity contribution is 0.0940. The third-order valence-corrected chi connectivity index (χ3v) is 4.46. The molecule has 3 N–H and O–H groups in total. The number of nitrogens with one attached hydrogen (secondary N) is 1. The van der Waals surface area contributed by atoms with Gasteiger partial charge in [-0.05, 0) is 31.2 Å². The van der Waals surface area contributed by atoms with Crippen molar-refractivity contribution in [3.63, 3.8) is 0 Å². The minimum absolute atomic E-state index is 0.00673. The highest BCUT2D eigenvalue weighted by atomic mass is 16.1. The van der Waals surface area contributed by atoms with Gasteiger partial charge in [0.15, 0.2) is 0 Å². The van der Waals surface area contributed by atoms with Crippen LogP contribution in [-0.4, -0.2) is 17.0 Å². The first-order valence-corrected chi connectivity index (χ1v) is 7.84. The fraction of sp³-hybridized carbons (Fsp3) is 0.688. The summed E-state index contributed by atoms with van der Waals surface area (Å²) in [7, 11) is 0. The van der Waals surface area contributed by atoms with Crippen molar-refractivity contribution in [2.24, 2.45) is 11.8 Å². The highest BCUT2D eigenvalue weighted by Gasteiger charge is 2.18. The minimum Gasteiger partial charge on any atom is -0.397 e. The van der Waals surface area contributed by atoms with Gasteiger partial charge in [0, 0.05) is 19.3 Å². The first kappa shape index (κ1) is 14.9. The Bertz CT molecular complexity index is 445. The van der Waals surface area contributed by atoms with Crippen LogP contribution in [-0.2, 0) is 6.54 Å². The summed E-state index contributed by atoms with van der Waals surface area (Å²) in [4.78, 5) is 12.1. The van der Waals surface area contributed by atoms with Gasteiger partial charge in [0.2, 0.25) is 0 Å². The zero-order valence-electron chi connectivity index (χ0n) is 12.7. The van der Waals surface area contributed by atoms with Crippen LogP contribution in [0.15, 0.2) is 12.3 Å². The molecule has 1 aliphatic rings. The number of carbonyl (C=O) groups is 1. The summed E-state index contributed by atoms with van der Waals surface area (Å²) in [6.45, 7) is 5.88. The first-order chi connectivity index (χ1) is 9.60. The van der Waals surface area contributed by atoms with Crippen molar-refractivity contribution in [2.75, 3.05) is 12.3 Å². The number of hydrogen-bond donors (Lipinski definition) is 2. The summed E-state index contributed by atoms with van der Waals surface area (Å²) in [5.41, 5.74) is 7.07. The monoisotopic (exact) mass is 277 g/mol. The summed E-state index contributed by atoms with van der Waals surface area (Å²) in [5.74, 6) is 1.67. The normalized spacial score (nSPS) is 22.7. The van der Waals surface area contributed by atoms with Gasteiger partial charge in [0.05, 0.1) is 5.69 Å². The Hall–Kier alpha value is -1.45. The molecule has 20 heavy (non-hydrogen) atoms. The molecule has 1 aliphatic carbocycles. The minimum atomic E-state index is -0.00673. The third-order valence-electron chi connectivity index (χ3n) is 4.46. The van der Waals surface area contributed by atoms with Crippen molar-refractivity contribution in [3.8, 4) is 0 Å². The van der Waals surface area contributed by atoms with Gasteiger partial charge in [-0.15, -0.1) is 0 Å². The fourth-order valence-electron chi connectivity index (χ4n) is 3.08. The Kier molecular flexibility index (Phi) is 5.10. The average Bonchev–Trinajstić information content (AvgIpc) is 2.82. The molecule has 1 saturated carbocycles. The average molecular weight is 277 g/mol. The van der Waals surface area contributed by atoms with Crippen molar-refractivity contribution in [2.45, 2.75) is 52.5 Å². The Balaban J connectivity index is 1.77. The van der Waals surface area contributed by atoms with Crippen molar-refractivity contribution in [1.29, 1.82) is 0 Å². The van der Waals surface area contributed by atoms with Crippen LogP contribution in [0.2, 0.25) is 0 Å². The molecule has 1 aromatic rings. The number of nitrogens with two attached hydrogens (primary N) is 1. The van der Waals surface area contributed by atoms with Gasteiger partial charge in [-0.1, -0.05) is 32.6 Å². The largest absolute Gasteiger partial charge is 0.397 e. The van der Waals surface area contributed by atoms with Crippen LogP contribution in [0.1, 0.15) is 56.4 Å². The topological polar surface area (TPSA) is 60.0 Å². The van der Waals surface area contributed by atoms with E-state index in [2.05, 4.69) is 12.2 Å². The van der Waals surface area contributed by atoms with Crippen LogP contribution in [0.25, 0.3) is 0 Å². The molecule has 0 atom stereocenters. The molecule has 4 heteroatoms. The second kappa shape index (κ2) is 6.82. The van der Waals surface area contributed by atoms with Crippen LogP contribution in [0.3, 0.4) is 0 Å². The molecule has 1 aromatic heterocycles. The lowest BCUT2D eigenvalue weighted by atomic mass is 9.81. The quantitative estimate of drug-likeness (QED) is 0.869. The molecular formula is C16H27N3O. The predicted octanol–water partition coefficient (Wildman–Crippen LogP) is 3.04. The number of carbonyl (C=O) groups excluding carboxylic acids is 1. The predicted molar refractivity (Wildman–Crippen MR) is 82.6 cm³/mol. The summed E-state index contributed by atoms with van der Waals surface area (Å²) in [6.07, 6.45) is 8.23. The van der Waals surface area contributed by atoms with E-state index in [0.717, 1.165) is 31.3 Å². The molecule has 1 heterocycles. The molecule has 0 radical (unpaired) electrons. The molecule has 0 aromatic carbocycles. The maximum absolute atomic E-state index is 12.1. The van der Waals surface area contributed by atoms with Gasteiger partial charge in [-0.3, -0.25) is 4.79 Å². The molecule has 0 saturated heterocycles. The van der Waals surface area contributed by atoms with Gasteiger partial charge in [0.25, 0.3) is 5.91 Å². The van der Waals surface area contributed by atoms with E-state index in [1.165, 1.54) is 25.7 Å². The van der Waals surface area contributed by atoms with E-state index in [0.29, 0.717) is 11.4 Å². The SMILES string of the molecule is CCn1cc(N)cc1C(=O)NCCC1CCC(C)CC1. The van der Waals surface area contributed by atoms with E-state index in [1.54, 1.807) is 6.07 Å². The van der Waals surface area contributed by atoms with Crippen molar-refractivity contribution >= 4 is 11.6 Å². The van der Waals surface area contributed by atoms with E-state index in [9.17, 15) is 4.79 Å². The van der Waals surface area contributed by atoms with Gasteiger partial charge in [-0.25, -0.2) is 0 Å². The molecule has 112 valence electrons. The van der Waals surface area contributed by atoms with Crippen molar-refractivity contribution < 1.29 is 4.79 Å². The second-order valence-corrected chi connectivity index (χ2v) is 6.12. The number of aryl methyl sites for hydroxylation is 1. The highest BCUT2D eigenvalue weighted by molar-refractivity contribution is 5.93. The standard InChI is InChI=1S/C16H27N3O/c1-3-19-11-14(17)10-15(19)16(20)18-9-8-13-6-4-12(2)5-7-13/h10-13H,3-9,17H2,1-2H3,(H,18,20). The van der Waals surface area contributed by atoms with Crippen LogP contribution < -0.4 is 11.1 Å². The molecule has 0 spiro atoms. The molecule has 0 bridgehead atoms. The molecule has 0 unspecified atom stereocenters. The Morgan fingerprint density at radius 2 is 2.10 bits per heavy atom. The number of amides is 1. The van der Waals surface area contributed by atoms with E-state index >= 15 is 0 Å². The molecule has 0 aliphatic heterocycles. The van der Waals surface area contributed by atoms with E-state index in [4.69, 9.17) is 5.73 Å². The Morgan fingerprint density at radius 3 is 2.75 bits per heavy atom. The summed E-state index contributed by atoms with van der Waals surface area (Å²) in [5, 5.41) is 3.03. The lowest BCUT2D eigenvalue weighted by Crippen LogP contribution is -2.28. The van der Waals surface area contributed by atoms with Gasteiger partial charge in [-0.2, -0.15) is 0 Å². The molecule has 2 rings (SSSR count). The number of anilines is 1. The molecule has 1 amide bonds. The van der Waals surface area contributed by atoms with Gasteiger partial charge >= 0.3 is 0 Å².